The van der Waals surface area contributed by atoms with Crippen LogP contribution < -0.4 is 20.4 Å². The number of ether oxygens (including phenoxy) is 2. The zero-order chi connectivity index (χ0) is 26.3. The van der Waals surface area contributed by atoms with Gasteiger partial charge in [0.05, 0.1) is 32.1 Å². The van der Waals surface area contributed by atoms with Gasteiger partial charge in [-0.05, 0) is 24.3 Å². The smallest absolute Gasteiger partial charge is 0.327 e. The van der Waals surface area contributed by atoms with Gasteiger partial charge in [0.15, 0.2) is 5.69 Å². The van der Waals surface area contributed by atoms with E-state index >= 15 is 0 Å². The molecule has 0 spiro atoms. The van der Waals surface area contributed by atoms with Gasteiger partial charge < -0.3 is 19.3 Å². The van der Waals surface area contributed by atoms with Crippen LogP contribution in [0.3, 0.4) is 0 Å². The first-order chi connectivity index (χ1) is 18.6. The van der Waals surface area contributed by atoms with Crippen LogP contribution in [-0.4, -0.2) is 79.5 Å². The normalized spacial score (nSPS) is 15.4. The van der Waals surface area contributed by atoms with Gasteiger partial charge in [0, 0.05) is 43.4 Å². The van der Waals surface area contributed by atoms with Gasteiger partial charge in [-0.25, -0.2) is 14.8 Å². The molecule has 1 aromatic carbocycles. The van der Waals surface area contributed by atoms with E-state index in [4.69, 9.17) is 19.4 Å². The van der Waals surface area contributed by atoms with E-state index in [-0.39, 0.29) is 11.5 Å². The number of nitrogens with one attached hydrogen (secondary N) is 2. The molecule has 12 nitrogen and oxygen atoms in total. The second kappa shape index (κ2) is 11.6. The Balaban J connectivity index is 1.40. The summed E-state index contributed by atoms with van der Waals surface area (Å²) in [5, 5.41) is 14.6. The average Bonchev–Trinajstić information content (AvgIpc) is 2.98. The lowest BCUT2D eigenvalue weighted by Gasteiger charge is -2.31. The highest BCUT2D eigenvalue weighted by Gasteiger charge is 2.21. The Morgan fingerprint density at radius 1 is 0.868 bits per heavy atom. The number of anilines is 3. The van der Waals surface area contributed by atoms with Gasteiger partial charge in [-0.3, -0.25) is 15.4 Å². The molecule has 38 heavy (non-hydrogen) atoms. The van der Waals surface area contributed by atoms with Crippen LogP contribution in [0.15, 0.2) is 48.5 Å². The molecule has 0 unspecified atom stereocenters. The highest BCUT2D eigenvalue weighted by Crippen LogP contribution is 2.28. The largest absolute Gasteiger partial charge is 0.378 e. The molecule has 2 aliphatic heterocycles. The molecule has 0 atom stereocenters. The van der Waals surface area contributed by atoms with E-state index in [9.17, 15) is 14.9 Å². The molecule has 3 aromatic rings. The molecule has 0 bridgehead atoms. The molecule has 2 N–H and O–H groups in total. The number of pyridine rings is 1. The topological polar surface area (TPSA) is 146 Å². The maximum absolute atomic E-state index is 12.4. The summed E-state index contributed by atoms with van der Waals surface area (Å²) in [7, 11) is 0. The number of rotatable bonds is 5. The Morgan fingerprint density at radius 2 is 1.55 bits per heavy atom. The zero-order valence-electron chi connectivity index (χ0n) is 20.6. The predicted octanol–water partition coefficient (Wildman–Crippen LogP) is 2.05. The van der Waals surface area contributed by atoms with Crippen LogP contribution in [0.5, 0.6) is 0 Å². The minimum atomic E-state index is -0.755. The number of amides is 3. The number of aromatic nitrogens is 3. The van der Waals surface area contributed by atoms with Gasteiger partial charge >= 0.3 is 6.03 Å². The lowest BCUT2D eigenvalue weighted by molar-refractivity contribution is 0.0967. The second-order valence-electron chi connectivity index (χ2n) is 8.59. The Morgan fingerprint density at radius 3 is 2.24 bits per heavy atom. The lowest BCUT2D eigenvalue weighted by Crippen LogP contribution is -2.39. The van der Waals surface area contributed by atoms with E-state index in [1.165, 1.54) is 0 Å². The van der Waals surface area contributed by atoms with Crippen LogP contribution in [0.4, 0.5) is 22.4 Å². The molecule has 2 aliphatic rings. The second-order valence-corrected chi connectivity index (χ2v) is 8.59. The summed E-state index contributed by atoms with van der Waals surface area (Å²) in [6, 6.07) is 14.8. The number of carbonyl (C=O) groups excluding carboxylic acids is 2. The van der Waals surface area contributed by atoms with E-state index in [0.717, 1.165) is 5.82 Å². The molecular weight excluding hydrogens is 488 g/mol. The van der Waals surface area contributed by atoms with Gasteiger partial charge in [0.1, 0.15) is 17.7 Å². The van der Waals surface area contributed by atoms with E-state index in [0.29, 0.717) is 75.4 Å². The van der Waals surface area contributed by atoms with Crippen LogP contribution in [0, 0.1) is 11.3 Å². The predicted molar refractivity (Wildman–Crippen MR) is 139 cm³/mol. The molecule has 2 fully saturated rings. The standard InChI is InChI=1S/C26H26N8O4/c27-17-21-19(6-7-22(28-21)30-26(36)32-24(35)18-4-2-1-3-5-18)20-16-23(33-8-12-37-13-9-33)31-25(29-20)34-10-14-38-15-11-34/h1-7,16H,8-15H2,(H2,28,30,32,35,36). The number of nitriles is 1. The van der Waals surface area contributed by atoms with Crippen molar-refractivity contribution in [2.24, 2.45) is 0 Å². The number of urea groups is 1. The molecule has 0 aliphatic carbocycles. The van der Waals surface area contributed by atoms with E-state index in [1.807, 2.05) is 6.07 Å². The van der Waals surface area contributed by atoms with Crippen LogP contribution in [0.25, 0.3) is 11.3 Å². The van der Waals surface area contributed by atoms with Crippen molar-refractivity contribution < 1.29 is 19.1 Å². The highest BCUT2D eigenvalue weighted by atomic mass is 16.5. The van der Waals surface area contributed by atoms with Crippen molar-refractivity contribution in [2.45, 2.75) is 0 Å². The molecule has 5 rings (SSSR count). The minimum Gasteiger partial charge on any atom is -0.378 e. The Labute approximate surface area is 219 Å². The Kier molecular flexibility index (Phi) is 7.67. The summed E-state index contributed by atoms with van der Waals surface area (Å²) in [6.45, 7) is 5.09. The van der Waals surface area contributed by atoms with E-state index < -0.39 is 11.9 Å². The van der Waals surface area contributed by atoms with Crippen molar-refractivity contribution in [3.8, 4) is 17.3 Å². The van der Waals surface area contributed by atoms with Gasteiger partial charge in [-0.1, -0.05) is 18.2 Å². The maximum Gasteiger partial charge on any atom is 0.327 e. The van der Waals surface area contributed by atoms with Crippen molar-refractivity contribution >= 4 is 29.5 Å². The first-order valence-electron chi connectivity index (χ1n) is 12.2. The number of benzene rings is 1. The first kappa shape index (κ1) is 25.1. The number of morpholine rings is 2. The fourth-order valence-corrected chi connectivity index (χ4v) is 4.15. The number of hydrogen-bond acceptors (Lipinski definition) is 10. The summed E-state index contributed by atoms with van der Waals surface area (Å²) >= 11 is 0. The third-order valence-corrected chi connectivity index (χ3v) is 6.11. The Bertz CT molecular complexity index is 1310. The number of imide groups is 1. The maximum atomic E-state index is 12.4. The molecule has 3 amide bonds. The third kappa shape index (κ3) is 5.86. The SMILES string of the molecule is N#Cc1nc(NC(=O)NC(=O)c2ccccc2)ccc1-c1cc(N2CCOCC2)nc(N2CCOCC2)n1. The summed E-state index contributed by atoms with van der Waals surface area (Å²) in [5.74, 6) is 0.869. The fraction of sp³-hybridized carbons (Fsp3) is 0.308. The molecule has 194 valence electrons. The van der Waals surface area contributed by atoms with Crippen LogP contribution in [-0.2, 0) is 9.47 Å². The van der Waals surface area contributed by atoms with Gasteiger partial charge in [0.2, 0.25) is 5.95 Å². The molecule has 12 heteroatoms. The summed E-state index contributed by atoms with van der Waals surface area (Å²) in [5.41, 5.74) is 1.48. The molecule has 2 saturated heterocycles. The molecule has 2 aromatic heterocycles. The number of hydrogen-bond donors (Lipinski definition) is 2. The summed E-state index contributed by atoms with van der Waals surface area (Å²) < 4.78 is 11.0. The van der Waals surface area contributed by atoms with Gasteiger partial charge in [-0.2, -0.15) is 10.2 Å². The van der Waals surface area contributed by atoms with Crippen molar-refractivity contribution in [1.82, 2.24) is 20.3 Å². The van der Waals surface area contributed by atoms with Gasteiger partial charge in [-0.15, -0.1) is 0 Å². The van der Waals surface area contributed by atoms with Crippen LogP contribution >= 0.6 is 0 Å². The third-order valence-electron chi connectivity index (χ3n) is 6.11. The van der Waals surface area contributed by atoms with Crippen LogP contribution in [0.2, 0.25) is 0 Å². The zero-order valence-corrected chi connectivity index (χ0v) is 20.6. The average molecular weight is 515 g/mol. The minimum absolute atomic E-state index is 0.0803. The monoisotopic (exact) mass is 514 g/mol. The number of nitrogens with zero attached hydrogens (tertiary/aromatic N) is 6. The van der Waals surface area contributed by atoms with Crippen molar-refractivity contribution in [1.29, 1.82) is 5.26 Å². The summed E-state index contributed by atoms with van der Waals surface area (Å²) in [4.78, 5) is 42.7. The first-order valence-corrected chi connectivity index (χ1v) is 12.2. The van der Waals surface area contributed by atoms with Crippen molar-refractivity contribution in [3.05, 3.63) is 59.8 Å². The Hall–Kier alpha value is -4.60. The van der Waals surface area contributed by atoms with Crippen molar-refractivity contribution in [2.75, 3.05) is 67.7 Å². The summed E-state index contributed by atoms with van der Waals surface area (Å²) in [6.07, 6.45) is 0. The molecule has 0 saturated carbocycles. The van der Waals surface area contributed by atoms with E-state index in [2.05, 4.69) is 31.5 Å². The fourth-order valence-electron chi connectivity index (χ4n) is 4.15. The number of carbonyl (C=O) groups is 2. The van der Waals surface area contributed by atoms with Gasteiger partial charge in [0.25, 0.3) is 5.91 Å². The molecule has 0 radical (unpaired) electrons. The highest BCUT2D eigenvalue weighted by molar-refractivity contribution is 6.07. The quantitative estimate of drug-likeness (QED) is 0.519. The van der Waals surface area contributed by atoms with Crippen LogP contribution in [0.1, 0.15) is 16.1 Å². The molecular formula is C26H26N8O4. The lowest BCUT2D eigenvalue weighted by atomic mass is 10.1. The van der Waals surface area contributed by atoms with Crippen molar-refractivity contribution in [3.63, 3.8) is 0 Å². The van der Waals surface area contributed by atoms with E-state index in [1.54, 1.807) is 42.5 Å². The molecule has 4 heterocycles.